The summed E-state index contributed by atoms with van der Waals surface area (Å²) in [5, 5.41) is 17.3. The first-order chi connectivity index (χ1) is 17.7. The Hall–Kier alpha value is -4.24. The topological polar surface area (TPSA) is 105 Å². The van der Waals surface area contributed by atoms with E-state index in [1.54, 1.807) is 19.2 Å². The van der Waals surface area contributed by atoms with E-state index in [4.69, 9.17) is 14.3 Å². The summed E-state index contributed by atoms with van der Waals surface area (Å²) in [4.78, 5) is 27.8. The molecule has 0 fully saturated rings. The van der Waals surface area contributed by atoms with Crippen molar-refractivity contribution in [2.75, 3.05) is 13.7 Å². The summed E-state index contributed by atoms with van der Waals surface area (Å²) in [5.74, 6) is 0.147. The van der Waals surface area contributed by atoms with Crippen LogP contribution in [0.25, 0.3) is 21.8 Å². The molecule has 9 heteroatoms. The summed E-state index contributed by atoms with van der Waals surface area (Å²) in [6.07, 6.45) is -0.119. The number of hydrogen-bond donors (Lipinski definition) is 0. The molecule has 0 radical (unpaired) electrons. The average Bonchev–Trinajstić information content (AvgIpc) is 3.17. The summed E-state index contributed by atoms with van der Waals surface area (Å²) >= 11 is 0. The minimum atomic E-state index is -0.539. The maximum Gasteiger partial charge on any atom is 0.332 e. The fourth-order valence-electron chi connectivity index (χ4n) is 4.54. The molecule has 4 rings (SSSR count). The van der Waals surface area contributed by atoms with Gasteiger partial charge in [0.1, 0.15) is 17.6 Å². The Bertz CT molecular complexity index is 1520. The third kappa shape index (κ3) is 5.31. The Morgan fingerprint density at radius 2 is 1.78 bits per heavy atom. The van der Waals surface area contributed by atoms with Crippen LogP contribution in [0.2, 0.25) is 0 Å². The van der Waals surface area contributed by atoms with Crippen LogP contribution in [0.3, 0.4) is 0 Å². The first-order valence-corrected chi connectivity index (χ1v) is 12.0. The number of oxime groups is 1. The first-order valence-electron chi connectivity index (χ1n) is 12.0. The molecule has 37 heavy (non-hydrogen) atoms. The molecule has 0 amide bonds. The number of rotatable bonds is 9. The molecule has 0 aliphatic heterocycles. The summed E-state index contributed by atoms with van der Waals surface area (Å²) in [6, 6.07) is 16.3. The Balaban J connectivity index is 1.86. The molecule has 0 aliphatic carbocycles. The number of fused-ring (bicyclic) bond motifs is 3. The number of aryl methyl sites for hydroxylation is 2. The molecule has 0 aliphatic rings. The van der Waals surface area contributed by atoms with Crippen molar-refractivity contribution in [3.8, 4) is 5.75 Å². The van der Waals surface area contributed by atoms with E-state index in [1.165, 1.54) is 13.0 Å². The maximum atomic E-state index is 11.6. The maximum absolute atomic E-state index is 11.6. The number of nitrogens with zero attached hydrogens (tertiary/aromatic N) is 3. The number of carbonyl (C=O) groups is 1. The number of non-ortho nitro benzene ring substituents is 1. The lowest BCUT2D eigenvalue weighted by atomic mass is 9.96. The normalized spacial score (nSPS) is 12.6. The molecule has 0 saturated heterocycles. The van der Waals surface area contributed by atoms with E-state index in [-0.39, 0.29) is 11.8 Å². The molecule has 0 saturated carbocycles. The lowest BCUT2D eigenvalue weighted by Crippen LogP contribution is -2.18. The highest BCUT2D eigenvalue weighted by Crippen LogP contribution is 2.33. The van der Waals surface area contributed by atoms with Crippen molar-refractivity contribution in [2.45, 2.75) is 40.3 Å². The van der Waals surface area contributed by atoms with Gasteiger partial charge < -0.3 is 18.9 Å². The van der Waals surface area contributed by atoms with Gasteiger partial charge in [0, 0.05) is 65.6 Å². The first kappa shape index (κ1) is 25.8. The van der Waals surface area contributed by atoms with E-state index in [0.29, 0.717) is 30.2 Å². The molecule has 1 heterocycles. The largest absolute Gasteiger partial charge is 0.488 e. The van der Waals surface area contributed by atoms with E-state index in [9.17, 15) is 14.9 Å². The zero-order valence-electron chi connectivity index (χ0n) is 21.5. The molecular weight excluding hydrogens is 474 g/mol. The van der Waals surface area contributed by atoms with Gasteiger partial charge in [-0.1, -0.05) is 11.2 Å². The van der Waals surface area contributed by atoms with Crippen molar-refractivity contribution >= 4 is 39.2 Å². The van der Waals surface area contributed by atoms with Crippen LogP contribution in [0.4, 0.5) is 5.69 Å². The monoisotopic (exact) mass is 503 g/mol. The highest BCUT2D eigenvalue weighted by atomic mass is 16.7. The standard InChI is InChI=1S/C28H29N3O6/c1-6-30-26-11-7-20(14-24(26)25-15-21(31(33)34)8-12-27(25)30)28(29-37-19(4)32)23-10-9-22(13-17(23)2)36-18(3)16-35-5/h7-15,18H,6,16H2,1-5H3/b29-28-. The fraction of sp³-hybridized carbons (Fsp3) is 0.286. The number of ether oxygens (including phenoxy) is 2. The second kappa shape index (κ2) is 10.8. The third-order valence-corrected chi connectivity index (χ3v) is 6.11. The summed E-state index contributed by atoms with van der Waals surface area (Å²) in [7, 11) is 1.62. The van der Waals surface area contributed by atoms with Gasteiger partial charge in [0.25, 0.3) is 5.69 Å². The van der Waals surface area contributed by atoms with E-state index in [2.05, 4.69) is 9.72 Å². The molecule has 1 unspecified atom stereocenters. The van der Waals surface area contributed by atoms with E-state index < -0.39 is 10.9 Å². The highest BCUT2D eigenvalue weighted by Gasteiger charge is 2.18. The predicted octanol–water partition coefficient (Wildman–Crippen LogP) is 5.76. The molecule has 0 N–H and O–H groups in total. The van der Waals surface area contributed by atoms with Crippen molar-refractivity contribution in [1.82, 2.24) is 4.57 Å². The molecule has 192 valence electrons. The molecule has 3 aromatic carbocycles. The highest BCUT2D eigenvalue weighted by molar-refractivity contribution is 6.17. The SMILES string of the molecule is CCn1c2ccc(/C(=N/OC(C)=O)c3ccc(OC(C)COC)cc3C)cc2c2cc([N+](=O)[O-])ccc21. The molecule has 1 aromatic heterocycles. The molecule has 1 atom stereocenters. The number of nitro groups is 1. The van der Waals surface area contributed by atoms with Crippen LogP contribution in [0.1, 0.15) is 37.5 Å². The Labute approximate surface area is 214 Å². The second-order valence-electron chi connectivity index (χ2n) is 8.82. The Kier molecular flexibility index (Phi) is 7.54. The van der Waals surface area contributed by atoms with Crippen molar-refractivity contribution in [3.63, 3.8) is 0 Å². The van der Waals surface area contributed by atoms with Crippen LogP contribution in [-0.4, -0.2) is 41.0 Å². The number of aromatic nitrogens is 1. The van der Waals surface area contributed by atoms with Gasteiger partial charge in [0.05, 0.1) is 11.5 Å². The quantitative estimate of drug-likeness (QED) is 0.124. The van der Waals surface area contributed by atoms with Gasteiger partial charge in [-0.3, -0.25) is 10.1 Å². The van der Waals surface area contributed by atoms with Crippen LogP contribution < -0.4 is 4.74 Å². The molecule has 9 nitrogen and oxygen atoms in total. The van der Waals surface area contributed by atoms with Crippen molar-refractivity contribution in [2.24, 2.45) is 5.16 Å². The fourth-order valence-corrected chi connectivity index (χ4v) is 4.54. The van der Waals surface area contributed by atoms with Crippen molar-refractivity contribution in [3.05, 3.63) is 81.4 Å². The third-order valence-electron chi connectivity index (χ3n) is 6.11. The number of benzene rings is 3. The molecule has 0 spiro atoms. The van der Waals surface area contributed by atoms with E-state index in [1.807, 2.05) is 57.2 Å². The van der Waals surface area contributed by atoms with Gasteiger partial charge in [-0.15, -0.1) is 0 Å². The van der Waals surface area contributed by atoms with Gasteiger partial charge >= 0.3 is 5.97 Å². The van der Waals surface area contributed by atoms with Crippen molar-refractivity contribution < 1.29 is 24.0 Å². The lowest BCUT2D eigenvalue weighted by molar-refractivity contribution is -0.384. The van der Waals surface area contributed by atoms with Crippen LogP contribution >= 0.6 is 0 Å². The summed E-state index contributed by atoms with van der Waals surface area (Å²) in [6.45, 7) is 8.34. The summed E-state index contributed by atoms with van der Waals surface area (Å²) in [5.41, 5.74) is 4.69. The van der Waals surface area contributed by atoms with Crippen LogP contribution in [-0.2, 0) is 20.9 Å². The minimum absolute atomic E-state index is 0.0241. The van der Waals surface area contributed by atoms with Crippen LogP contribution in [0, 0.1) is 17.0 Å². The van der Waals surface area contributed by atoms with Gasteiger partial charge in [-0.2, -0.15) is 0 Å². The van der Waals surface area contributed by atoms with E-state index >= 15 is 0 Å². The number of carbonyl (C=O) groups excluding carboxylic acids is 1. The molecular formula is C28H29N3O6. The summed E-state index contributed by atoms with van der Waals surface area (Å²) < 4.78 is 13.2. The number of hydrogen-bond acceptors (Lipinski definition) is 7. The number of nitro benzene ring substituents is 1. The van der Waals surface area contributed by atoms with Gasteiger partial charge in [-0.05, 0) is 62.7 Å². The zero-order valence-corrected chi connectivity index (χ0v) is 21.5. The van der Waals surface area contributed by atoms with Crippen LogP contribution in [0.15, 0.2) is 59.8 Å². The number of methoxy groups -OCH3 is 1. The molecule has 4 aromatic rings. The zero-order chi connectivity index (χ0) is 26.7. The van der Waals surface area contributed by atoms with E-state index in [0.717, 1.165) is 32.9 Å². The van der Waals surface area contributed by atoms with Crippen LogP contribution in [0.5, 0.6) is 5.75 Å². The second-order valence-corrected chi connectivity index (χ2v) is 8.82. The smallest absolute Gasteiger partial charge is 0.332 e. The predicted molar refractivity (Wildman–Crippen MR) is 142 cm³/mol. The minimum Gasteiger partial charge on any atom is -0.488 e. The van der Waals surface area contributed by atoms with Gasteiger partial charge in [0.15, 0.2) is 0 Å². The van der Waals surface area contributed by atoms with Gasteiger partial charge in [0.2, 0.25) is 0 Å². The Morgan fingerprint density at radius 1 is 1.08 bits per heavy atom. The van der Waals surface area contributed by atoms with Gasteiger partial charge in [-0.25, -0.2) is 4.79 Å². The molecule has 0 bridgehead atoms. The lowest BCUT2D eigenvalue weighted by Gasteiger charge is -2.16. The Morgan fingerprint density at radius 3 is 2.41 bits per heavy atom. The average molecular weight is 504 g/mol. The van der Waals surface area contributed by atoms with Crippen molar-refractivity contribution in [1.29, 1.82) is 0 Å².